The Morgan fingerprint density at radius 1 is 1.06 bits per heavy atom. The van der Waals surface area contributed by atoms with E-state index >= 15 is 0 Å². The molecule has 2 rings (SSSR count). The molecule has 0 aliphatic heterocycles. The van der Waals surface area contributed by atoms with Gasteiger partial charge in [-0.2, -0.15) is 0 Å². The van der Waals surface area contributed by atoms with E-state index in [4.69, 9.17) is 34.8 Å². The van der Waals surface area contributed by atoms with Crippen LogP contribution in [0, 0.1) is 0 Å². The van der Waals surface area contributed by atoms with Crippen molar-refractivity contribution in [1.29, 1.82) is 0 Å². The van der Waals surface area contributed by atoms with Gasteiger partial charge in [-0.25, -0.2) is 0 Å². The fourth-order valence-corrected chi connectivity index (χ4v) is 3.53. The van der Waals surface area contributed by atoms with Gasteiger partial charge in [0.05, 0.1) is 5.38 Å². The zero-order chi connectivity index (χ0) is 11.5. The predicted octanol–water partition coefficient (Wildman–Crippen LogP) is 5.58. The molecular formula is C12H9Cl3S. The standard InChI is InChI=1S/C12H9Cl3S/c13-9-4-1-5-10(14)12(9)11(15)7-8-3-2-6-16-8/h1-6,11H,7H2. The van der Waals surface area contributed by atoms with Crippen LogP contribution in [0.3, 0.4) is 0 Å². The first-order valence-corrected chi connectivity index (χ1v) is 6.86. The number of rotatable bonds is 3. The van der Waals surface area contributed by atoms with Crippen molar-refractivity contribution in [1.82, 2.24) is 0 Å². The van der Waals surface area contributed by atoms with Gasteiger partial charge in [0.25, 0.3) is 0 Å². The molecule has 0 bridgehead atoms. The first-order valence-electron chi connectivity index (χ1n) is 4.79. The molecule has 0 aliphatic carbocycles. The first kappa shape index (κ1) is 12.3. The van der Waals surface area contributed by atoms with E-state index in [1.807, 2.05) is 29.6 Å². The molecule has 2 aromatic rings. The Bertz CT molecular complexity index is 445. The molecule has 0 N–H and O–H groups in total. The number of alkyl halides is 1. The highest BCUT2D eigenvalue weighted by molar-refractivity contribution is 7.09. The van der Waals surface area contributed by atoms with Gasteiger partial charge in [-0.05, 0) is 23.6 Å². The van der Waals surface area contributed by atoms with Crippen molar-refractivity contribution in [2.45, 2.75) is 11.8 Å². The van der Waals surface area contributed by atoms with Gasteiger partial charge in [0, 0.05) is 26.9 Å². The zero-order valence-electron chi connectivity index (χ0n) is 8.29. The Balaban J connectivity index is 2.24. The average Bonchev–Trinajstić information content (AvgIpc) is 2.70. The molecular weight excluding hydrogens is 283 g/mol. The number of benzene rings is 1. The van der Waals surface area contributed by atoms with E-state index in [9.17, 15) is 0 Å². The lowest BCUT2D eigenvalue weighted by Gasteiger charge is -2.12. The third kappa shape index (κ3) is 2.72. The highest BCUT2D eigenvalue weighted by atomic mass is 35.5. The molecule has 0 aliphatic rings. The molecule has 0 radical (unpaired) electrons. The first-order chi connectivity index (χ1) is 7.68. The minimum atomic E-state index is -0.181. The van der Waals surface area contributed by atoms with E-state index in [-0.39, 0.29) is 5.38 Å². The summed E-state index contributed by atoms with van der Waals surface area (Å²) >= 11 is 20.2. The molecule has 84 valence electrons. The predicted molar refractivity (Wildman–Crippen MR) is 73.1 cm³/mol. The van der Waals surface area contributed by atoms with Crippen LogP contribution < -0.4 is 0 Å². The molecule has 0 saturated heterocycles. The van der Waals surface area contributed by atoms with Crippen LogP contribution in [0.15, 0.2) is 35.7 Å². The third-order valence-electron chi connectivity index (χ3n) is 2.27. The second-order valence-electron chi connectivity index (χ2n) is 3.39. The molecule has 0 saturated carbocycles. The lowest BCUT2D eigenvalue weighted by molar-refractivity contribution is 0.938. The van der Waals surface area contributed by atoms with Crippen LogP contribution in [0.4, 0.5) is 0 Å². The minimum absolute atomic E-state index is 0.181. The smallest absolute Gasteiger partial charge is 0.0662 e. The van der Waals surface area contributed by atoms with Gasteiger partial charge in [-0.3, -0.25) is 0 Å². The third-order valence-corrected chi connectivity index (χ3v) is 4.20. The Hall–Kier alpha value is -0.210. The van der Waals surface area contributed by atoms with Gasteiger partial charge in [-0.15, -0.1) is 22.9 Å². The maximum absolute atomic E-state index is 6.35. The van der Waals surface area contributed by atoms with Gasteiger partial charge >= 0.3 is 0 Å². The molecule has 1 aromatic heterocycles. The maximum Gasteiger partial charge on any atom is 0.0662 e. The van der Waals surface area contributed by atoms with Crippen molar-refractivity contribution >= 4 is 46.1 Å². The molecule has 1 aromatic carbocycles. The van der Waals surface area contributed by atoms with Crippen LogP contribution in [0.2, 0.25) is 10.0 Å². The Labute approximate surface area is 114 Å². The fourth-order valence-electron chi connectivity index (χ4n) is 1.52. The van der Waals surface area contributed by atoms with Gasteiger partial charge < -0.3 is 0 Å². The number of hydrogen-bond donors (Lipinski definition) is 0. The van der Waals surface area contributed by atoms with E-state index in [0.29, 0.717) is 10.0 Å². The lowest BCUT2D eigenvalue weighted by atomic mass is 10.1. The SMILES string of the molecule is Clc1cccc(Cl)c1C(Cl)Cc1cccs1. The molecule has 1 unspecified atom stereocenters. The second-order valence-corrected chi connectivity index (χ2v) is 5.76. The summed E-state index contributed by atoms with van der Waals surface area (Å²) in [5, 5.41) is 3.11. The van der Waals surface area contributed by atoms with Crippen LogP contribution in [-0.4, -0.2) is 0 Å². The average molecular weight is 292 g/mol. The van der Waals surface area contributed by atoms with E-state index in [1.165, 1.54) is 4.88 Å². The largest absolute Gasteiger partial charge is 0.149 e. The van der Waals surface area contributed by atoms with Crippen LogP contribution in [0.1, 0.15) is 15.8 Å². The van der Waals surface area contributed by atoms with Gasteiger partial charge in [0.2, 0.25) is 0 Å². The summed E-state index contributed by atoms with van der Waals surface area (Å²) in [7, 11) is 0. The quantitative estimate of drug-likeness (QED) is 0.648. The summed E-state index contributed by atoms with van der Waals surface area (Å²) in [6, 6.07) is 9.52. The van der Waals surface area contributed by atoms with Crippen LogP contribution in [0.5, 0.6) is 0 Å². The molecule has 0 amide bonds. The van der Waals surface area contributed by atoms with E-state index in [1.54, 1.807) is 11.3 Å². The van der Waals surface area contributed by atoms with Crippen LogP contribution in [0.25, 0.3) is 0 Å². The summed E-state index contributed by atoms with van der Waals surface area (Å²) in [6.45, 7) is 0. The Morgan fingerprint density at radius 2 is 1.75 bits per heavy atom. The summed E-state index contributed by atoms with van der Waals surface area (Å²) < 4.78 is 0. The molecule has 16 heavy (non-hydrogen) atoms. The number of thiophene rings is 1. The lowest BCUT2D eigenvalue weighted by Crippen LogP contribution is -1.96. The molecule has 0 spiro atoms. The van der Waals surface area contributed by atoms with Crippen LogP contribution >= 0.6 is 46.1 Å². The highest BCUT2D eigenvalue weighted by Crippen LogP contribution is 2.36. The second kappa shape index (κ2) is 5.42. The van der Waals surface area contributed by atoms with Crippen molar-refractivity contribution in [3.63, 3.8) is 0 Å². The Morgan fingerprint density at radius 3 is 2.31 bits per heavy atom. The van der Waals surface area contributed by atoms with Crippen molar-refractivity contribution in [3.8, 4) is 0 Å². The van der Waals surface area contributed by atoms with Crippen molar-refractivity contribution in [3.05, 3.63) is 56.2 Å². The van der Waals surface area contributed by atoms with Crippen molar-refractivity contribution in [2.24, 2.45) is 0 Å². The maximum atomic E-state index is 6.35. The highest BCUT2D eigenvalue weighted by Gasteiger charge is 2.16. The summed E-state index contributed by atoms with van der Waals surface area (Å²) in [5.41, 5.74) is 0.820. The van der Waals surface area contributed by atoms with Crippen molar-refractivity contribution < 1.29 is 0 Å². The fraction of sp³-hybridized carbons (Fsp3) is 0.167. The van der Waals surface area contributed by atoms with Crippen molar-refractivity contribution in [2.75, 3.05) is 0 Å². The zero-order valence-corrected chi connectivity index (χ0v) is 11.4. The number of halogens is 3. The molecule has 4 heteroatoms. The Kier molecular flexibility index (Phi) is 4.15. The molecule has 0 fully saturated rings. The van der Waals surface area contributed by atoms with E-state index in [0.717, 1.165) is 12.0 Å². The number of hydrogen-bond acceptors (Lipinski definition) is 1. The normalized spacial score (nSPS) is 12.7. The summed E-state index contributed by atoms with van der Waals surface area (Å²) in [6.07, 6.45) is 0.753. The molecule has 0 nitrogen and oxygen atoms in total. The van der Waals surface area contributed by atoms with E-state index < -0.39 is 0 Å². The summed E-state index contributed by atoms with van der Waals surface area (Å²) in [4.78, 5) is 1.23. The topological polar surface area (TPSA) is 0 Å². The molecule has 1 atom stereocenters. The van der Waals surface area contributed by atoms with Crippen LogP contribution in [-0.2, 0) is 6.42 Å². The van der Waals surface area contributed by atoms with Gasteiger partial charge in [0.1, 0.15) is 0 Å². The van der Waals surface area contributed by atoms with Gasteiger partial charge in [0.15, 0.2) is 0 Å². The minimum Gasteiger partial charge on any atom is -0.149 e. The van der Waals surface area contributed by atoms with E-state index in [2.05, 4.69) is 6.07 Å². The van der Waals surface area contributed by atoms with Gasteiger partial charge in [-0.1, -0.05) is 35.3 Å². The monoisotopic (exact) mass is 290 g/mol. The summed E-state index contributed by atoms with van der Waals surface area (Å²) in [5.74, 6) is 0. The molecule has 1 heterocycles.